The zero-order valence-electron chi connectivity index (χ0n) is 10.6. The smallest absolute Gasteiger partial charge is 0.257 e. The number of nitrogens with zero attached hydrogens (tertiary/aromatic N) is 1. The number of ether oxygens (including phenoxy) is 1. The Morgan fingerprint density at radius 2 is 2.22 bits per heavy atom. The van der Waals surface area contributed by atoms with E-state index in [1.807, 2.05) is 0 Å². The number of hydrogen-bond acceptors (Lipinski definition) is 3. The lowest BCUT2D eigenvalue weighted by atomic mass is 10.1. The number of phenols is 1. The van der Waals surface area contributed by atoms with Gasteiger partial charge in [-0.2, -0.15) is 0 Å². The van der Waals surface area contributed by atoms with E-state index < -0.39 is 0 Å². The van der Waals surface area contributed by atoms with Crippen molar-refractivity contribution in [1.29, 1.82) is 0 Å². The van der Waals surface area contributed by atoms with Crippen LogP contribution < -0.4 is 0 Å². The molecule has 0 aromatic heterocycles. The largest absolute Gasteiger partial charge is 0.507 e. The van der Waals surface area contributed by atoms with Gasteiger partial charge >= 0.3 is 0 Å². The fourth-order valence-electron chi connectivity index (χ4n) is 2.20. The number of aromatic hydroxyl groups is 1. The van der Waals surface area contributed by atoms with Gasteiger partial charge in [0.05, 0.1) is 11.7 Å². The molecule has 0 radical (unpaired) electrons. The standard InChI is InChI=1S/C14H19NO3/c1-15(10-11-6-4-5-9-18-11)14(17)12-7-2-3-8-13(12)16/h2-3,7-8,11,16H,4-6,9-10H2,1H3. The minimum atomic E-state index is -0.165. The number of benzene rings is 1. The van der Waals surface area contributed by atoms with Crippen molar-refractivity contribution in [3.05, 3.63) is 29.8 Å². The van der Waals surface area contributed by atoms with Gasteiger partial charge in [0.15, 0.2) is 0 Å². The molecule has 4 nitrogen and oxygen atoms in total. The lowest BCUT2D eigenvalue weighted by Gasteiger charge is -2.27. The van der Waals surface area contributed by atoms with Gasteiger partial charge in [0.2, 0.25) is 0 Å². The Labute approximate surface area is 107 Å². The number of phenolic OH excluding ortho intramolecular Hbond substituents is 1. The third kappa shape index (κ3) is 3.01. The average Bonchev–Trinajstić information content (AvgIpc) is 2.39. The number of rotatable bonds is 3. The first-order chi connectivity index (χ1) is 8.68. The maximum Gasteiger partial charge on any atom is 0.257 e. The van der Waals surface area contributed by atoms with Crippen molar-refractivity contribution in [3.8, 4) is 5.75 Å². The third-order valence-corrected chi connectivity index (χ3v) is 3.23. The molecule has 2 rings (SSSR count). The van der Waals surface area contributed by atoms with Gasteiger partial charge in [-0.05, 0) is 31.4 Å². The van der Waals surface area contributed by atoms with E-state index in [4.69, 9.17) is 4.74 Å². The molecule has 98 valence electrons. The second-order valence-corrected chi connectivity index (χ2v) is 4.69. The molecule has 4 heteroatoms. The molecule has 1 aromatic rings. The highest BCUT2D eigenvalue weighted by Gasteiger charge is 2.21. The van der Waals surface area contributed by atoms with Gasteiger partial charge in [-0.15, -0.1) is 0 Å². The van der Waals surface area contributed by atoms with E-state index in [-0.39, 0.29) is 17.8 Å². The van der Waals surface area contributed by atoms with Gasteiger partial charge in [-0.25, -0.2) is 0 Å². The first-order valence-electron chi connectivity index (χ1n) is 6.33. The molecule has 1 atom stereocenters. The fourth-order valence-corrected chi connectivity index (χ4v) is 2.20. The molecule has 1 N–H and O–H groups in total. The van der Waals surface area contributed by atoms with E-state index in [0.717, 1.165) is 25.9 Å². The second kappa shape index (κ2) is 5.87. The lowest BCUT2D eigenvalue weighted by Crippen LogP contribution is -2.37. The molecule has 0 aliphatic carbocycles. The van der Waals surface area contributed by atoms with Crippen LogP contribution in [0.1, 0.15) is 29.6 Å². The Morgan fingerprint density at radius 3 is 2.89 bits per heavy atom. The molecule has 1 aromatic carbocycles. The molecular formula is C14H19NO3. The van der Waals surface area contributed by atoms with Gasteiger partial charge in [0, 0.05) is 20.2 Å². The van der Waals surface area contributed by atoms with Crippen LogP contribution in [0.3, 0.4) is 0 Å². The van der Waals surface area contributed by atoms with Crippen molar-refractivity contribution >= 4 is 5.91 Å². The van der Waals surface area contributed by atoms with Gasteiger partial charge < -0.3 is 14.7 Å². The molecule has 1 saturated heterocycles. The van der Waals surface area contributed by atoms with Gasteiger partial charge in [-0.1, -0.05) is 12.1 Å². The quantitative estimate of drug-likeness (QED) is 0.891. The zero-order chi connectivity index (χ0) is 13.0. The van der Waals surface area contributed by atoms with Crippen molar-refractivity contribution in [1.82, 2.24) is 4.90 Å². The lowest BCUT2D eigenvalue weighted by molar-refractivity contribution is -0.000239. The average molecular weight is 249 g/mol. The summed E-state index contributed by atoms with van der Waals surface area (Å²) in [5.74, 6) is -0.138. The molecule has 1 amide bonds. The van der Waals surface area contributed by atoms with E-state index >= 15 is 0 Å². The van der Waals surface area contributed by atoms with Crippen LogP contribution in [0.2, 0.25) is 0 Å². The number of para-hydroxylation sites is 1. The first kappa shape index (κ1) is 12.9. The van der Waals surface area contributed by atoms with Crippen LogP contribution in [-0.4, -0.2) is 42.2 Å². The topological polar surface area (TPSA) is 49.8 Å². The maximum absolute atomic E-state index is 12.1. The second-order valence-electron chi connectivity index (χ2n) is 4.69. The van der Waals surface area contributed by atoms with Crippen molar-refractivity contribution in [3.63, 3.8) is 0 Å². The van der Waals surface area contributed by atoms with Crippen LogP contribution in [0.5, 0.6) is 5.75 Å². The summed E-state index contributed by atoms with van der Waals surface area (Å²) in [5, 5.41) is 9.66. The summed E-state index contributed by atoms with van der Waals surface area (Å²) in [4.78, 5) is 13.8. The summed E-state index contributed by atoms with van der Waals surface area (Å²) in [6, 6.07) is 6.61. The minimum absolute atomic E-state index is 0.0268. The number of carbonyl (C=O) groups is 1. The van der Waals surface area contributed by atoms with E-state index in [9.17, 15) is 9.90 Å². The molecule has 18 heavy (non-hydrogen) atoms. The fraction of sp³-hybridized carbons (Fsp3) is 0.500. The Morgan fingerprint density at radius 1 is 1.44 bits per heavy atom. The van der Waals surface area contributed by atoms with Crippen LogP contribution in [0, 0.1) is 0 Å². The van der Waals surface area contributed by atoms with E-state index in [1.165, 1.54) is 6.07 Å². The monoisotopic (exact) mass is 249 g/mol. The normalized spacial score (nSPS) is 19.5. The highest BCUT2D eigenvalue weighted by molar-refractivity contribution is 5.96. The summed E-state index contributed by atoms with van der Waals surface area (Å²) in [5.41, 5.74) is 0.343. The van der Waals surface area contributed by atoms with Crippen LogP contribution in [-0.2, 0) is 4.74 Å². The zero-order valence-corrected chi connectivity index (χ0v) is 10.6. The van der Waals surface area contributed by atoms with E-state index in [0.29, 0.717) is 12.1 Å². The molecule has 1 unspecified atom stereocenters. The highest BCUT2D eigenvalue weighted by atomic mass is 16.5. The van der Waals surface area contributed by atoms with Crippen LogP contribution in [0.4, 0.5) is 0 Å². The first-order valence-corrected chi connectivity index (χ1v) is 6.33. The summed E-state index contributed by atoms with van der Waals surface area (Å²) < 4.78 is 5.61. The number of hydrogen-bond donors (Lipinski definition) is 1. The van der Waals surface area contributed by atoms with Gasteiger partial charge in [-0.3, -0.25) is 4.79 Å². The van der Waals surface area contributed by atoms with Gasteiger partial charge in [0.25, 0.3) is 5.91 Å². The highest BCUT2D eigenvalue weighted by Crippen LogP contribution is 2.19. The van der Waals surface area contributed by atoms with E-state index in [2.05, 4.69) is 0 Å². The van der Waals surface area contributed by atoms with Crippen LogP contribution in [0.15, 0.2) is 24.3 Å². The molecular weight excluding hydrogens is 230 g/mol. The summed E-state index contributed by atoms with van der Waals surface area (Å²) >= 11 is 0. The van der Waals surface area contributed by atoms with Crippen molar-refractivity contribution in [2.45, 2.75) is 25.4 Å². The Hall–Kier alpha value is -1.55. The SMILES string of the molecule is CN(CC1CCCCO1)C(=O)c1ccccc1O. The molecule has 1 heterocycles. The predicted molar refractivity (Wildman–Crippen MR) is 68.7 cm³/mol. The summed E-state index contributed by atoms with van der Waals surface area (Å²) in [6.45, 7) is 1.36. The maximum atomic E-state index is 12.1. The van der Waals surface area contributed by atoms with Crippen molar-refractivity contribution in [2.75, 3.05) is 20.2 Å². The predicted octanol–water partition coefficient (Wildman–Crippen LogP) is 2.03. The number of likely N-dealkylation sites (N-methyl/N-ethyl adjacent to an activating group) is 1. The van der Waals surface area contributed by atoms with Gasteiger partial charge in [0.1, 0.15) is 5.75 Å². The summed E-state index contributed by atoms with van der Waals surface area (Å²) in [7, 11) is 1.74. The number of amides is 1. The van der Waals surface area contributed by atoms with Crippen LogP contribution >= 0.6 is 0 Å². The summed E-state index contributed by atoms with van der Waals surface area (Å²) in [6.07, 6.45) is 3.38. The number of carbonyl (C=O) groups excluding carboxylic acids is 1. The Bertz CT molecular complexity index is 413. The van der Waals surface area contributed by atoms with Crippen molar-refractivity contribution in [2.24, 2.45) is 0 Å². The molecule has 0 saturated carbocycles. The third-order valence-electron chi connectivity index (χ3n) is 3.23. The van der Waals surface area contributed by atoms with Crippen LogP contribution in [0.25, 0.3) is 0 Å². The molecule has 1 aliphatic rings. The molecule has 1 aliphatic heterocycles. The van der Waals surface area contributed by atoms with Crippen molar-refractivity contribution < 1.29 is 14.6 Å². The Balaban J connectivity index is 1.98. The van der Waals surface area contributed by atoms with E-state index in [1.54, 1.807) is 30.1 Å². The Kier molecular flexibility index (Phi) is 4.20. The molecule has 0 spiro atoms. The molecule has 0 bridgehead atoms. The minimum Gasteiger partial charge on any atom is -0.507 e. The molecule has 1 fully saturated rings.